The smallest absolute Gasteiger partial charge is 0.260 e. The molecule has 1 N–H and O–H groups in total. The minimum Gasteiger partial charge on any atom is -0.504 e. The maximum Gasteiger partial charge on any atom is 0.260 e. The third-order valence-electron chi connectivity index (χ3n) is 4.34. The van der Waals surface area contributed by atoms with Gasteiger partial charge in [0.25, 0.3) is 5.91 Å². The zero-order valence-electron chi connectivity index (χ0n) is 13.0. The maximum atomic E-state index is 12.2. The van der Waals surface area contributed by atoms with Crippen molar-refractivity contribution < 1.29 is 14.6 Å². The Morgan fingerprint density at radius 1 is 1.04 bits per heavy atom. The van der Waals surface area contributed by atoms with Crippen LogP contribution in [0.4, 0.5) is 0 Å². The zero-order chi connectivity index (χ0) is 16.1. The molecule has 120 valence electrons. The van der Waals surface area contributed by atoms with Crippen LogP contribution in [0.1, 0.15) is 24.3 Å². The highest BCUT2D eigenvalue weighted by Crippen LogP contribution is 2.28. The lowest BCUT2D eigenvalue weighted by Gasteiger charge is -2.32. The van der Waals surface area contributed by atoms with Crippen LogP contribution < -0.4 is 4.74 Å². The third-order valence-corrected chi connectivity index (χ3v) is 4.34. The molecule has 1 fully saturated rings. The number of likely N-dealkylation sites (tertiary alicyclic amines) is 1. The molecule has 0 radical (unpaired) electrons. The summed E-state index contributed by atoms with van der Waals surface area (Å²) in [7, 11) is 0. The highest BCUT2D eigenvalue weighted by Gasteiger charge is 2.24. The topological polar surface area (TPSA) is 49.8 Å². The maximum absolute atomic E-state index is 12.2. The molecule has 1 saturated heterocycles. The first kappa shape index (κ1) is 15.4. The monoisotopic (exact) mass is 311 g/mol. The predicted molar refractivity (Wildman–Crippen MR) is 88.6 cm³/mol. The summed E-state index contributed by atoms with van der Waals surface area (Å²) in [6.07, 6.45) is 1.96. The number of rotatable bonds is 4. The molecule has 2 aromatic carbocycles. The van der Waals surface area contributed by atoms with Gasteiger partial charge in [-0.05, 0) is 36.5 Å². The standard InChI is InChI=1S/C19H21NO3/c21-17-8-4-5-9-18(17)23-14-19(22)20-12-10-16(11-13-20)15-6-2-1-3-7-15/h1-9,16,21H,10-14H2. The number of piperidine rings is 1. The highest BCUT2D eigenvalue weighted by molar-refractivity contribution is 5.78. The fourth-order valence-corrected chi connectivity index (χ4v) is 3.00. The Kier molecular flexibility index (Phi) is 4.81. The van der Waals surface area contributed by atoms with E-state index < -0.39 is 0 Å². The molecule has 0 aromatic heterocycles. The molecule has 0 unspecified atom stereocenters. The molecule has 0 saturated carbocycles. The van der Waals surface area contributed by atoms with Crippen molar-refractivity contribution in [2.75, 3.05) is 19.7 Å². The Labute approximate surface area is 136 Å². The van der Waals surface area contributed by atoms with Gasteiger partial charge in [-0.2, -0.15) is 0 Å². The van der Waals surface area contributed by atoms with Gasteiger partial charge in [-0.25, -0.2) is 0 Å². The van der Waals surface area contributed by atoms with Crippen molar-refractivity contribution in [2.45, 2.75) is 18.8 Å². The number of phenols is 1. The molecular formula is C19H21NO3. The SMILES string of the molecule is O=C(COc1ccccc1O)N1CCC(c2ccccc2)CC1. The summed E-state index contributed by atoms with van der Waals surface area (Å²) in [4.78, 5) is 14.1. The lowest BCUT2D eigenvalue weighted by molar-refractivity contribution is -0.134. The Balaban J connectivity index is 1.50. The van der Waals surface area contributed by atoms with Crippen molar-refractivity contribution in [3.8, 4) is 11.5 Å². The molecule has 1 amide bonds. The number of carbonyl (C=O) groups is 1. The van der Waals surface area contributed by atoms with Crippen LogP contribution in [-0.2, 0) is 4.79 Å². The van der Waals surface area contributed by atoms with Gasteiger partial charge in [-0.15, -0.1) is 0 Å². The van der Waals surface area contributed by atoms with E-state index in [1.807, 2.05) is 11.0 Å². The van der Waals surface area contributed by atoms with E-state index in [0.717, 1.165) is 25.9 Å². The summed E-state index contributed by atoms with van der Waals surface area (Å²) in [5.41, 5.74) is 1.35. The summed E-state index contributed by atoms with van der Waals surface area (Å²) < 4.78 is 5.42. The van der Waals surface area contributed by atoms with Gasteiger partial charge in [-0.1, -0.05) is 42.5 Å². The van der Waals surface area contributed by atoms with Gasteiger partial charge in [0.15, 0.2) is 18.1 Å². The van der Waals surface area contributed by atoms with Crippen LogP contribution in [0.25, 0.3) is 0 Å². The van der Waals surface area contributed by atoms with E-state index in [9.17, 15) is 9.90 Å². The summed E-state index contributed by atoms with van der Waals surface area (Å²) in [5.74, 6) is 0.905. The van der Waals surface area contributed by atoms with Crippen LogP contribution in [0.2, 0.25) is 0 Å². The number of benzene rings is 2. The fourth-order valence-electron chi connectivity index (χ4n) is 3.00. The lowest BCUT2D eigenvalue weighted by Crippen LogP contribution is -2.40. The number of aromatic hydroxyl groups is 1. The van der Waals surface area contributed by atoms with Gasteiger partial charge in [0.1, 0.15) is 0 Å². The van der Waals surface area contributed by atoms with Crippen LogP contribution in [0.3, 0.4) is 0 Å². The Bertz CT molecular complexity index is 649. The van der Waals surface area contributed by atoms with Crippen molar-refractivity contribution >= 4 is 5.91 Å². The van der Waals surface area contributed by atoms with Gasteiger partial charge < -0.3 is 14.7 Å². The second kappa shape index (κ2) is 7.18. The molecule has 2 aromatic rings. The van der Waals surface area contributed by atoms with Crippen LogP contribution in [-0.4, -0.2) is 35.6 Å². The number of para-hydroxylation sites is 2. The minimum atomic E-state index is -0.0341. The van der Waals surface area contributed by atoms with Crippen LogP contribution in [0.5, 0.6) is 11.5 Å². The minimum absolute atomic E-state index is 0.0280. The van der Waals surface area contributed by atoms with Crippen molar-refractivity contribution in [1.29, 1.82) is 0 Å². The molecule has 0 bridgehead atoms. The fraction of sp³-hybridized carbons (Fsp3) is 0.316. The molecule has 4 heteroatoms. The van der Waals surface area contributed by atoms with E-state index in [1.165, 1.54) is 5.56 Å². The normalized spacial score (nSPS) is 15.4. The highest BCUT2D eigenvalue weighted by atomic mass is 16.5. The summed E-state index contributed by atoms with van der Waals surface area (Å²) >= 11 is 0. The number of hydrogen-bond acceptors (Lipinski definition) is 3. The van der Waals surface area contributed by atoms with Gasteiger partial charge in [-0.3, -0.25) is 4.79 Å². The zero-order valence-corrected chi connectivity index (χ0v) is 13.0. The summed E-state index contributed by atoms with van der Waals surface area (Å²) in [6.45, 7) is 1.47. The molecule has 4 nitrogen and oxygen atoms in total. The molecule has 1 aliphatic rings. The van der Waals surface area contributed by atoms with Crippen molar-refractivity contribution in [1.82, 2.24) is 4.90 Å². The van der Waals surface area contributed by atoms with Crippen molar-refractivity contribution in [2.24, 2.45) is 0 Å². The quantitative estimate of drug-likeness (QED) is 0.943. The first-order chi connectivity index (χ1) is 11.2. The average molecular weight is 311 g/mol. The number of ether oxygens (including phenoxy) is 1. The van der Waals surface area contributed by atoms with E-state index in [-0.39, 0.29) is 18.3 Å². The van der Waals surface area contributed by atoms with Crippen molar-refractivity contribution in [3.05, 3.63) is 60.2 Å². The molecule has 23 heavy (non-hydrogen) atoms. The lowest BCUT2D eigenvalue weighted by atomic mass is 9.89. The van der Waals surface area contributed by atoms with Gasteiger partial charge >= 0.3 is 0 Å². The first-order valence-corrected chi connectivity index (χ1v) is 7.97. The predicted octanol–water partition coefficient (Wildman–Crippen LogP) is 3.18. The molecule has 0 aliphatic carbocycles. The van der Waals surface area contributed by atoms with Crippen LogP contribution in [0, 0.1) is 0 Å². The van der Waals surface area contributed by atoms with Gasteiger partial charge in [0.05, 0.1) is 0 Å². The van der Waals surface area contributed by atoms with E-state index in [2.05, 4.69) is 24.3 Å². The molecule has 1 heterocycles. The summed E-state index contributed by atoms with van der Waals surface area (Å²) in [5, 5.41) is 9.64. The number of amides is 1. The second-order valence-electron chi connectivity index (χ2n) is 5.82. The number of nitrogens with zero attached hydrogens (tertiary/aromatic N) is 1. The van der Waals surface area contributed by atoms with Gasteiger partial charge in [0, 0.05) is 13.1 Å². The van der Waals surface area contributed by atoms with E-state index in [1.54, 1.807) is 24.3 Å². The van der Waals surface area contributed by atoms with E-state index in [0.29, 0.717) is 11.7 Å². The van der Waals surface area contributed by atoms with Crippen molar-refractivity contribution in [3.63, 3.8) is 0 Å². The Morgan fingerprint density at radius 2 is 1.70 bits per heavy atom. The van der Waals surface area contributed by atoms with Gasteiger partial charge in [0.2, 0.25) is 0 Å². The number of carbonyl (C=O) groups excluding carboxylic acids is 1. The Morgan fingerprint density at radius 3 is 2.39 bits per heavy atom. The summed E-state index contributed by atoms with van der Waals surface area (Å²) in [6, 6.07) is 17.2. The molecule has 1 aliphatic heterocycles. The van der Waals surface area contributed by atoms with E-state index >= 15 is 0 Å². The Hall–Kier alpha value is -2.49. The molecule has 0 spiro atoms. The largest absolute Gasteiger partial charge is 0.504 e. The second-order valence-corrected chi connectivity index (χ2v) is 5.82. The van der Waals surface area contributed by atoms with Crippen LogP contribution >= 0.6 is 0 Å². The van der Waals surface area contributed by atoms with Crippen LogP contribution in [0.15, 0.2) is 54.6 Å². The molecule has 3 rings (SSSR count). The molecule has 0 atom stereocenters. The third kappa shape index (κ3) is 3.83. The first-order valence-electron chi connectivity index (χ1n) is 7.97. The van der Waals surface area contributed by atoms with E-state index in [4.69, 9.17) is 4.74 Å². The number of phenolic OH excluding ortho intramolecular Hbond substituents is 1. The number of hydrogen-bond donors (Lipinski definition) is 1. The molecular weight excluding hydrogens is 290 g/mol. The average Bonchev–Trinajstić information content (AvgIpc) is 2.62.